The number of anilines is 1. The molecule has 0 spiro atoms. The van der Waals surface area contributed by atoms with E-state index < -0.39 is 10.0 Å². The van der Waals surface area contributed by atoms with Gasteiger partial charge in [0.05, 0.1) is 4.90 Å². The predicted octanol–water partition coefficient (Wildman–Crippen LogP) is 2.48. The summed E-state index contributed by atoms with van der Waals surface area (Å²) in [5.41, 5.74) is 3.35. The van der Waals surface area contributed by atoms with E-state index in [1.807, 2.05) is 0 Å². The summed E-state index contributed by atoms with van der Waals surface area (Å²) in [5.74, 6) is -0.404. The third kappa shape index (κ3) is 2.81. The lowest BCUT2D eigenvalue weighted by Gasteiger charge is -2.28. The van der Waals surface area contributed by atoms with Gasteiger partial charge in [0.2, 0.25) is 15.9 Å². The maximum absolute atomic E-state index is 13.5. The molecule has 7 heteroatoms. The van der Waals surface area contributed by atoms with Gasteiger partial charge in [0.15, 0.2) is 0 Å². The highest BCUT2D eigenvalue weighted by atomic mass is 32.2. The average Bonchev–Trinajstić information content (AvgIpc) is 3.04. The average molecular weight is 374 g/mol. The zero-order valence-corrected chi connectivity index (χ0v) is 15.2. The van der Waals surface area contributed by atoms with E-state index in [1.165, 1.54) is 23.4 Å². The first-order valence-electron chi connectivity index (χ1n) is 8.55. The number of sulfonamides is 1. The van der Waals surface area contributed by atoms with Crippen LogP contribution >= 0.6 is 0 Å². The smallest absolute Gasteiger partial charge is 0.243 e. The third-order valence-corrected chi connectivity index (χ3v) is 6.95. The molecule has 4 rings (SSSR count). The molecule has 0 aromatic heterocycles. The van der Waals surface area contributed by atoms with Crippen molar-refractivity contribution >= 4 is 21.6 Å². The molecule has 0 saturated carbocycles. The number of carbonyl (C=O) groups excluding carboxylic acids is 1. The summed E-state index contributed by atoms with van der Waals surface area (Å²) < 4.78 is 41.0. The summed E-state index contributed by atoms with van der Waals surface area (Å²) in [4.78, 5) is 13.5. The van der Waals surface area contributed by atoms with Gasteiger partial charge in [-0.3, -0.25) is 4.79 Å². The van der Waals surface area contributed by atoms with Gasteiger partial charge in [-0.25, -0.2) is 12.8 Å². The molecule has 0 unspecified atom stereocenters. The largest absolute Gasteiger partial charge is 0.312 e. The molecule has 0 atom stereocenters. The molecule has 2 aliphatic heterocycles. The van der Waals surface area contributed by atoms with Crippen LogP contribution in [0.25, 0.3) is 0 Å². The van der Waals surface area contributed by atoms with Crippen molar-refractivity contribution < 1.29 is 17.6 Å². The van der Waals surface area contributed by atoms with E-state index in [0.29, 0.717) is 31.5 Å². The normalized spacial score (nSPS) is 17.1. The highest BCUT2D eigenvalue weighted by Crippen LogP contribution is 2.32. The Bertz CT molecular complexity index is 1000. The molecule has 0 radical (unpaired) electrons. The standard InChI is InChI=1S/C19H19FN2O3S/c1-13(23)22-9-7-15-11-18(4-5-19(15)22)26(24,25)21-8-6-14-2-3-17(20)10-16(14)12-21/h2-5,10-11H,6-9,12H2,1H3. The van der Waals surface area contributed by atoms with E-state index in [1.54, 1.807) is 29.2 Å². The Labute approximate surface area is 152 Å². The summed E-state index contributed by atoms with van der Waals surface area (Å²) in [5, 5.41) is 0. The minimum Gasteiger partial charge on any atom is -0.312 e. The molecule has 136 valence electrons. The highest BCUT2D eigenvalue weighted by molar-refractivity contribution is 7.89. The molecular formula is C19H19FN2O3S. The van der Waals surface area contributed by atoms with E-state index >= 15 is 0 Å². The molecular weight excluding hydrogens is 355 g/mol. The summed E-state index contributed by atoms with van der Waals surface area (Å²) in [6.07, 6.45) is 1.21. The second kappa shape index (κ2) is 6.17. The summed E-state index contributed by atoms with van der Waals surface area (Å²) in [7, 11) is -3.67. The van der Waals surface area contributed by atoms with Gasteiger partial charge in [-0.15, -0.1) is 0 Å². The number of nitrogens with zero attached hydrogens (tertiary/aromatic N) is 2. The van der Waals surface area contributed by atoms with Gasteiger partial charge in [-0.05, 0) is 59.9 Å². The number of fused-ring (bicyclic) bond motifs is 2. The van der Waals surface area contributed by atoms with Crippen molar-refractivity contribution in [2.45, 2.75) is 31.2 Å². The molecule has 2 aromatic carbocycles. The molecule has 2 aliphatic rings. The molecule has 5 nitrogen and oxygen atoms in total. The van der Waals surface area contributed by atoms with Crippen molar-refractivity contribution in [3.63, 3.8) is 0 Å². The number of hydrogen-bond donors (Lipinski definition) is 0. The number of hydrogen-bond acceptors (Lipinski definition) is 3. The topological polar surface area (TPSA) is 57.7 Å². The summed E-state index contributed by atoms with van der Waals surface area (Å²) in [6, 6.07) is 9.45. The van der Waals surface area contributed by atoms with Crippen LogP contribution in [0.2, 0.25) is 0 Å². The van der Waals surface area contributed by atoms with Crippen molar-refractivity contribution in [2.24, 2.45) is 0 Å². The van der Waals surface area contributed by atoms with Crippen molar-refractivity contribution in [3.8, 4) is 0 Å². The van der Waals surface area contributed by atoms with Crippen molar-refractivity contribution in [2.75, 3.05) is 18.0 Å². The van der Waals surface area contributed by atoms with Gasteiger partial charge in [0.1, 0.15) is 5.82 Å². The Hall–Kier alpha value is -2.25. The van der Waals surface area contributed by atoms with Crippen LogP contribution in [-0.2, 0) is 34.2 Å². The Morgan fingerprint density at radius 2 is 1.77 bits per heavy atom. The first-order valence-corrected chi connectivity index (χ1v) is 9.99. The summed E-state index contributed by atoms with van der Waals surface area (Å²) in [6.45, 7) is 2.62. The van der Waals surface area contributed by atoms with Crippen LogP contribution in [0.3, 0.4) is 0 Å². The van der Waals surface area contributed by atoms with Crippen molar-refractivity contribution in [1.82, 2.24) is 4.31 Å². The van der Waals surface area contributed by atoms with E-state index in [9.17, 15) is 17.6 Å². The minimum absolute atomic E-state index is 0.0472. The Morgan fingerprint density at radius 1 is 1.00 bits per heavy atom. The third-order valence-electron chi connectivity index (χ3n) is 5.11. The predicted molar refractivity (Wildman–Crippen MR) is 95.9 cm³/mol. The molecule has 0 aliphatic carbocycles. The molecule has 0 N–H and O–H groups in total. The van der Waals surface area contributed by atoms with E-state index in [-0.39, 0.29) is 23.2 Å². The van der Waals surface area contributed by atoms with Gasteiger partial charge in [0.25, 0.3) is 0 Å². The Kier molecular flexibility index (Phi) is 4.08. The van der Waals surface area contributed by atoms with Crippen LogP contribution < -0.4 is 4.90 Å². The van der Waals surface area contributed by atoms with Gasteiger partial charge in [-0.1, -0.05) is 6.07 Å². The Morgan fingerprint density at radius 3 is 2.54 bits per heavy atom. The quantitative estimate of drug-likeness (QED) is 0.812. The molecule has 0 bridgehead atoms. The van der Waals surface area contributed by atoms with Crippen molar-refractivity contribution in [1.29, 1.82) is 0 Å². The second-order valence-corrected chi connectivity index (χ2v) is 8.65. The highest BCUT2D eigenvalue weighted by Gasteiger charge is 2.30. The van der Waals surface area contributed by atoms with Crippen LogP contribution in [0, 0.1) is 5.82 Å². The van der Waals surface area contributed by atoms with E-state index in [4.69, 9.17) is 0 Å². The monoisotopic (exact) mass is 374 g/mol. The zero-order chi connectivity index (χ0) is 18.5. The van der Waals surface area contributed by atoms with Gasteiger partial charge in [-0.2, -0.15) is 4.31 Å². The number of carbonyl (C=O) groups is 1. The van der Waals surface area contributed by atoms with Crippen LogP contribution in [0.15, 0.2) is 41.3 Å². The first kappa shape index (κ1) is 17.2. The number of rotatable bonds is 2. The molecule has 2 heterocycles. The van der Waals surface area contributed by atoms with Crippen molar-refractivity contribution in [3.05, 3.63) is 58.9 Å². The Balaban J connectivity index is 1.65. The fourth-order valence-electron chi connectivity index (χ4n) is 3.72. The minimum atomic E-state index is -3.67. The van der Waals surface area contributed by atoms with Crippen LogP contribution in [0.4, 0.5) is 10.1 Å². The molecule has 1 amide bonds. The lowest BCUT2D eigenvalue weighted by atomic mass is 10.0. The van der Waals surface area contributed by atoms with E-state index in [2.05, 4.69) is 0 Å². The fraction of sp³-hybridized carbons (Fsp3) is 0.316. The summed E-state index contributed by atoms with van der Waals surface area (Å²) >= 11 is 0. The number of halogens is 1. The van der Waals surface area contributed by atoms with Crippen LogP contribution in [-0.4, -0.2) is 31.7 Å². The lowest BCUT2D eigenvalue weighted by Crippen LogP contribution is -2.36. The molecule has 0 fully saturated rings. The SMILES string of the molecule is CC(=O)N1CCc2cc(S(=O)(=O)N3CCc4ccc(F)cc4C3)ccc21. The van der Waals surface area contributed by atoms with Gasteiger partial charge >= 0.3 is 0 Å². The molecule has 0 saturated heterocycles. The zero-order valence-electron chi connectivity index (χ0n) is 14.4. The molecule has 2 aromatic rings. The van der Waals surface area contributed by atoms with Gasteiger partial charge in [0, 0.05) is 32.2 Å². The van der Waals surface area contributed by atoms with Gasteiger partial charge < -0.3 is 4.90 Å². The second-order valence-electron chi connectivity index (χ2n) is 6.71. The number of amides is 1. The fourth-order valence-corrected chi connectivity index (χ4v) is 5.19. The number of benzene rings is 2. The maximum Gasteiger partial charge on any atom is 0.243 e. The molecule has 26 heavy (non-hydrogen) atoms. The first-order chi connectivity index (χ1) is 12.4. The van der Waals surface area contributed by atoms with E-state index in [0.717, 1.165) is 16.8 Å². The maximum atomic E-state index is 13.5. The lowest BCUT2D eigenvalue weighted by molar-refractivity contribution is -0.116. The van der Waals surface area contributed by atoms with Crippen LogP contribution in [0.1, 0.15) is 23.6 Å². The van der Waals surface area contributed by atoms with Crippen LogP contribution in [0.5, 0.6) is 0 Å².